The molecule has 2 saturated heterocycles. The molecule has 4 unspecified atom stereocenters. The van der Waals surface area contributed by atoms with Gasteiger partial charge in [0.05, 0.1) is 12.1 Å². The lowest BCUT2D eigenvalue weighted by Crippen LogP contribution is -2.59. The van der Waals surface area contributed by atoms with Crippen LogP contribution in [-0.4, -0.2) is 63.7 Å². The third-order valence-corrected chi connectivity index (χ3v) is 8.73. The molecule has 41 heavy (non-hydrogen) atoms. The number of carbonyl (C=O) groups is 3. The number of piperazine rings is 1. The Balaban J connectivity index is 1.16. The number of nitrogens with one attached hydrogen (secondary N) is 2. The van der Waals surface area contributed by atoms with E-state index >= 15 is 0 Å². The fraction of sp³-hybridized carbons (Fsp3) is 0.324. The maximum absolute atomic E-state index is 14.0. The predicted molar refractivity (Wildman–Crippen MR) is 160 cm³/mol. The summed E-state index contributed by atoms with van der Waals surface area (Å²) >= 11 is 0. The summed E-state index contributed by atoms with van der Waals surface area (Å²) in [5, 5.41) is 3.97. The summed E-state index contributed by atoms with van der Waals surface area (Å²) < 4.78 is 0. The van der Waals surface area contributed by atoms with Gasteiger partial charge >= 0.3 is 0 Å². The van der Waals surface area contributed by atoms with Crippen molar-refractivity contribution in [3.63, 3.8) is 0 Å². The molecule has 2 aliphatic heterocycles. The first-order chi connectivity index (χ1) is 19.6. The van der Waals surface area contributed by atoms with E-state index in [-0.39, 0.29) is 35.7 Å². The molecule has 3 heterocycles. The minimum Gasteiger partial charge on any atom is -0.351 e. The van der Waals surface area contributed by atoms with Gasteiger partial charge in [0, 0.05) is 35.5 Å². The van der Waals surface area contributed by atoms with Crippen LogP contribution in [0, 0.1) is 11.3 Å². The van der Waals surface area contributed by atoms with Crippen molar-refractivity contribution in [1.82, 2.24) is 20.1 Å². The zero-order valence-electron chi connectivity index (χ0n) is 23.9. The van der Waals surface area contributed by atoms with Crippen molar-refractivity contribution < 1.29 is 14.4 Å². The van der Waals surface area contributed by atoms with Crippen molar-refractivity contribution >= 4 is 28.6 Å². The molecular weight excluding hydrogens is 512 g/mol. The van der Waals surface area contributed by atoms with Crippen LogP contribution in [0.25, 0.3) is 22.0 Å². The van der Waals surface area contributed by atoms with Gasteiger partial charge in [-0.3, -0.25) is 14.4 Å². The summed E-state index contributed by atoms with van der Waals surface area (Å²) in [7, 11) is 0. The number of fused-ring (bicyclic) bond motifs is 3. The van der Waals surface area contributed by atoms with Crippen molar-refractivity contribution in [2.24, 2.45) is 11.3 Å². The first-order valence-electron chi connectivity index (χ1n) is 14.3. The van der Waals surface area contributed by atoms with E-state index in [1.54, 1.807) is 0 Å². The number of para-hydroxylation sites is 1. The summed E-state index contributed by atoms with van der Waals surface area (Å²) in [6.07, 6.45) is 0. The normalized spacial score (nSPS) is 20.8. The van der Waals surface area contributed by atoms with Gasteiger partial charge in [0.15, 0.2) is 0 Å². The summed E-state index contributed by atoms with van der Waals surface area (Å²) in [5.74, 6) is -0.254. The third-order valence-electron chi connectivity index (χ3n) is 8.73. The second-order valence-electron chi connectivity index (χ2n) is 12.4. The highest BCUT2D eigenvalue weighted by Gasteiger charge is 2.54. The van der Waals surface area contributed by atoms with Crippen molar-refractivity contribution in [1.29, 1.82) is 0 Å². The third kappa shape index (κ3) is 4.90. The molecule has 6 rings (SSSR count). The van der Waals surface area contributed by atoms with Crippen molar-refractivity contribution in [3.05, 3.63) is 96.2 Å². The van der Waals surface area contributed by atoms with Crippen LogP contribution in [0.5, 0.6) is 0 Å². The van der Waals surface area contributed by atoms with E-state index in [1.165, 1.54) is 0 Å². The van der Waals surface area contributed by atoms with Crippen LogP contribution in [0.15, 0.2) is 84.9 Å². The van der Waals surface area contributed by atoms with Gasteiger partial charge in [0.25, 0.3) is 11.8 Å². The molecule has 3 amide bonds. The number of H-pyrrole nitrogens is 1. The molecule has 2 fully saturated rings. The molecule has 2 N–H and O–H groups in total. The molecule has 0 aliphatic carbocycles. The van der Waals surface area contributed by atoms with E-state index in [0.29, 0.717) is 24.3 Å². The zero-order valence-corrected chi connectivity index (χ0v) is 23.9. The highest BCUT2D eigenvalue weighted by molar-refractivity contribution is 6.00. The number of hydrogen-bond donors (Lipinski definition) is 2. The number of aromatic nitrogens is 1. The second kappa shape index (κ2) is 10.2. The smallest absolute Gasteiger partial charge is 0.268 e. The fourth-order valence-electron chi connectivity index (χ4n) is 6.34. The lowest BCUT2D eigenvalue weighted by molar-refractivity contribution is -0.138. The second-order valence-corrected chi connectivity index (χ2v) is 12.4. The standard InChI is InChI=1S/C34H36N4O3/c1-21-28-20-38(29(21)19-37(28)32(40)24-16-14-23(15-17-24)22-10-6-5-7-11-22)33(41)30(34(2,3)4)36-31(39)27-18-25-12-8-9-13-26(25)35-27/h5-18,21,28-30,35H,19-20H2,1-4H3,(H,36,39). The molecule has 3 aromatic carbocycles. The molecule has 2 bridgehead atoms. The van der Waals surface area contributed by atoms with Crippen LogP contribution in [-0.2, 0) is 4.79 Å². The largest absolute Gasteiger partial charge is 0.351 e. The van der Waals surface area contributed by atoms with E-state index in [4.69, 9.17) is 0 Å². The number of rotatable bonds is 5. The number of nitrogens with zero attached hydrogens (tertiary/aromatic N) is 2. The lowest BCUT2D eigenvalue weighted by atomic mass is 9.85. The van der Waals surface area contributed by atoms with Crippen molar-refractivity contribution in [2.75, 3.05) is 13.1 Å². The number of carbonyl (C=O) groups excluding carboxylic acids is 3. The molecule has 4 aromatic rings. The molecule has 0 saturated carbocycles. The van der Waals surface area contributed by atoms with Gasteiger partial charge in [-0.15, -0.1) is 0 Å². The average molecular weight is 549 g/mol. The van der Waals surface area contributed by atoms with Gasteiger partial charge < -0.3 is 20.1 Å². The van der Waals surface area contributed by atoms with E-state index in [9.17, 15) is 14.4 Å². The summed E-state index contributed by atoms with van der Waals surface area (Å²) in [4.78, 5) is 47.8. The topological polar surface area (TPSA) is 85.5 Å². The van der Waals surface area contributed by atoms with E-state index in [2.05, 4.69) is 29.4 Å². The maximum atomic E-state index is 14.0. The van der Waals surface area contributed by atoms with Crippen LogP contribution >= 0.6 is 0 Å². The molecule has 210 valence electrons. The Labute approximate surface area is 240 Å². The number of benzene rings is 3. The Morgan fingerprint density at radius 3 is 2.07 bits per heavy atom. The highest BCUT2D eigenvalue weighted by atomic mass is 16.2. The van der Waals surface area contributed by atoms with Crippen LogP contribution in [0.1, 0.15) is 48.5 Å². The van der Waals surface area contributed by atoms with Crippen LogP contribution in [0.3, 0.4) is 0 Å². The van der Waals surface area contributed by atoms with Gasteiger partial charge in [-0.1, -0.05) is 88.4 Å². The van der Waals surface area contributed by atoms with Gasteiger partial charge in [-0.05, 0) is 40.8 Å². The molecule has 7 nitrogen and oxygen atoms in total. The Hall–Kier alpha value is -4.39. The average Bonchev–Trinajstić information content (AvgIpc) is 3.65. The van der Waals surface area contributed by atoms with E-state index in [1.807, 2.05) is 103 Å². The SMILES string of the molecule is CC1C2CN(C(=O)C(NC(=O)c3cc4ccccc4[nH]3)C(C)(C)C)C1CN2C(=O)c1ccc(-c2ccccc2)cc1. The minimum absolute atomic E-state index is 0.00412. The zero-order chi connectivity index (χ0) is 28.9. The predicted octanol–water partition coefficient (Wildman–Crippen LogP) is 5.35. The monoisotopic (exact) mass is 548 g/mol. The lowest BCUT2D eigenvalue weighted by Gasteiger charge is -2.39. The quantitative estimate of drug-likeness (QED) is 0.353. The molecule has 0 spiro atoms. The molecule has 1 aromatic heterocycles. The number of amides is 3. The van der Waals surface area contributed by atoms with Gasteiger partial charge in [-0.25, -0.2) is 0 Å². The number of hydrogen-bond acceptors (Lipinski definition) is 3. The molecule has 4 atom stereocenters. The van der Waals surface area contributed by atoms with Gasteiger partial charge in [-0.2, -0.15) is 0 Å². The maximum Gasteiger partial charge on any atom is 0.268 e. The highest BCUT2D eigenvalue weighted by Crippen LogP contribution is 2.38. The van der Waals surface area contributed by atoms with Crippen molar-refractivity contribution in [3.8, 4) is 11.1 Å². The summed E-state index contributed by atoms with van der Waals surface area (Å²) in [6.45, 7) is 8.97. The van der Waals surface area contributed by atoms with Crippen molar-refractivity contribution in [2.45, 2.75) is 45.8 Å². The van der Waals surface area contributed by atoms with Gasteiger partial charge in [0.2, 0.25) is 5.91 Å². The van der Waals surface area contributed by atoms with Crippen LogP contribution < -0.4 is 5.32 Å². The number of aromatic amines is 1. The minimum atomic E-state index is -0.706. The Bertz CT molecular complexity index is 1570. The Kier molecular flexibility index (Phi) is 6.68. The first kappa shape index (κ1) is 26.8. The number of likely N-dealkylation sites (tertiary alicyclic amines) is 2. The fourth-order valence-corrected chi connectivity index (χ4v) is 6.34. The molecule has 2 aliphatic rings. The Morgan fingerprint density at radius 1 is 0.829 bits per heavy atom. The first-order valence-corrected chi connectivity index (χ1v) is 14.3. The van der Waals surface area contributed by atoms with Gasteiger partial charge in [0.1, 0.15) is 11.7 Å². The molecular formula is C34H36N4O3. The molecule has 7 heteroatoms. The van der Waals surface area contributed by atoms with Crippen LogP contribution in [0.2, 0.25) is 0 Å². The summed E-state index contributed by atoms with van der Waals surface area (Å²) in [5.41, 5.74) is 3.64. The van der Waals surface area contributed by atoms with E-state index in [0.717, 1.165) is 22.0 Å². The van der Waals surface area contributed by atoms with E-state index < -0.39 is 11.5 Å². The molecule has 0 radical (unpaired) electrons. The van der Waals surface area contributed by atoms with Crippen LogP contribution in [0.4, 0.5) is 0 Å². The Morgan fingerprint density at radius 2 is 1.44 bits per heavy atom. The summed E-state index contributed by atoms with van der Waals surface area (Å²) in [6, 6.07) is 26.5.